The fourth-order valence-electron chi connectivity index (χ4n) is 5.60. The first-order valence-corrected chi connectivity index (χ1v) is 12.9. The minimum absolute atomic E-state index is 0.0790. The highest BCUT2D eigenvalue weighted by molar-refractivity contribution is 6.04. The van der Waals surface area contributed by atoms with Crippen LogP contribution in [0.4, 0.5) is 11.6 Å². The maximum atomic E-state index is 12.9. The quantitative estimate of drug-likeness (QED) is 0.402. The molecule has 194 valence electrons. The van der Waals surface area contributed by atoms with Gasteiger partial charge in [0.25, 0.3) is 5.91 Å². The average Bonchev–Trinajstić information content (AvgIpc) is 3.51. The summed E-state index contributed by atoms with van der Waals surface area (Å²) in [7, 11) is 0. The number of anilines is 2. The van der Waals surface area contributed by atoms with Gasteiger partial charge in [0, 0.05) is 54.6 Å². The molecule has 0 bridgehead atoms. The molecule has 0 spiro atoms. The Hall–Kier alpha value is -4.47. The van der Waals surface area contributed by atoms with Crippen molar-refractivity contribution in [3.05, 3.63) is 66.4 Å². The Morgan fingerprint density at radius 3 is 2.87 bits per heavy atom. The highest BCUT2D eigenvalue weighted by Gasteiger charge is 2.38. The van der Waals surface area contributed by atoms with Crippen molar-refractivity contribution in [3.63, 3.8) is 0 Å². The zero-order chi connectivity index (χ0) is 26.2. The van der Waals surface area contributed by atoms with Gasteiger partial charge in [-0.25, -0.2) is 15.0 Å². The second-order valence-electron chi connectivity index (χ2n) is 9.68. The van der Waals surface area contributed by atoms with Crippen molar-refractivity contribution in [2.24, 2.45) is 0 Å². The van der Waals surface area contributed by atoms with E-state index in [4.69, 9.17) is 15.5 Å². The van der Waals surface area contributed by atoms with Crippen LogP contribution in [0.2, 0.25) is 0 Å². The zero-order valence-electron chi connectivity index (χ0n) is 21.1. The average molecular weight is 512 g/mol. The summed E-state index contributed by atoms with van der Waals surface area (Å²) in [6.07, 6.45) is 8.62. The van der Waals surface area contributed by atoms with E-state index in [1.807, 2.05) is 34.6 Å². The number of hydrogen-bond donors (Lipinski definition) is 2. The van der Waals surface area contributed by atoms with Crippen LogP contribution in [-0.2, 0) is 4.79 Å². The molecule has 10 nitrogen and oxygen atoms in total. The Kier molecular flexibility index (Phi) is 6.15. The summed E-state index contributed by atoms with van der Waals surface area (Å²) in [4.78, 5) is 41.0. The maximum absolute atomic E-state index is 12.9. The van der Waals surface area contributed by atoms with E-state index in [0.29, 0.717) is 59.8 Å². The third-order valence-electron chi connectivity index (χ3n) is 7.40. The lowest BCUT2D eigenvalue weighted by Gasteiger charge is -2.34. The lowest BCUT2D eigenvalue weighted by Crippen LogP contribution is -2.41. The van der Waals surface area contributed by atoms with Crippen LogP contribution in [0.3, 0.4) is 0 Å². The van der Waals surface area contributed by atoms with Crippen LogP contribution >= 0.6 is 0 Å². The Morgan fingerprint density at radius 1 is 1.16 bits per heavy atom. The molecule has 4 aromatic rings. The molecule has 0 unspecified atom stereocenters. The number of nitrogens with one attached hydrogen (secondary N) is 1. The topological polar surface area (TPSA) is 128 Å². The first kappa shape index (κ1) is 23.9. The fraction of sp³-hybridized carbons (Fsp3) is 0.321. The number of ether oxygens (including phenoxy) is 1. The van der Waals surface area contributed by atoms with E-state index < -0.39 is 0 Å². The molecule has 10 heteroatoms. The van der Waals surface area contributed by atoms with Gasteiger partial charge in [0.05, 0.1) is 6.61 Å². The van der Waals surface area contributed by atoms with Gasteiger partial charge >= 0.3 is 0 Å². The minimum atomic E-state index is -0.292. The summed E-state index contributed by atoms with van der Waals surface area (Å²) < 4.78 is 7.97. The fourth-order valence-corrected chi connectivity index (χ4v) is 5.60. The van der Waals surface area contributed by atoms with Crippen molar-refractivity contribution in [1.82, 2.24) is 24.3 Å². The van der Waals surface area contributed by atoms with Crippen LogP contribution in [0, 0.1) is 0 Å². The number of benzene rings is 1. The Morgan fingerprint density at radius 2 is 2.05 bits per heavy atom. The van der Waals surface area contributed by atoms with Gasteiger partial charge in [-0.2, -0.15) is 0 Å². The highest BCUT2D eigenvalue weighted by Crippen LogP contribution is 2.40. The molecule has 38 heavy (non-hydrogen) atoms. The largest absolute Gasteiger partial charge is 0.493 e. The molecule has 3 N–H and O–H groups in total. The van der Waals surface area contributed by atoms with Crippen molar-refractivity contribution in [1.29, 1.82) is 0 Å². The highest BCUT2D eigenvalue weighted by atomic mass is 16.5. The van der Waals surface area contributed by atoms with E-state index in [9.17, 15) is 9.59 Å². The standard InChI is InChI=1S/C28H29N7O3/c1-2-38-21-15-17(28(37)32-22-5-3-4-12-30-22)7-10-20(21)24-25-26(29)31-13-14-34(25)27(33-24)18-6-8-19-9-11-23(36)35(19)16-18/h3-5,7,10,12-15,18-19H,2,6,8-9,11,16H2,1H3,(H2,29,31)(H,30,32,37)/t18-,19+/m1/s1. The molecular formula is C28H29N7O3. The number of nitrogens with zero attached hydrogens (tertiary/aromatic N) is 5. The van der Waals surface area contributed by atoms with Crippen molar-refractivity contribution in [2.45, 2.75) is 44.6 Å². The molecular weight excluding hydrogens is 482 g/mol. The number of aromatic nitrogens is 4. The monoisotopic (exact) mass is 511 g/mol. The Labute approximate surface area is 219 Å². The molecule has 5 heterocycles. The van der Waals surface area contributed by atoms with Crippen LogP contribution in [0.5, 0.6) is 5.75 Å². The third-order valence-corrected chi connectivity index (χ3v) is 7.40. The lowest BCUT2D eigenvalue weighted by atomic mass is 9.92. The maximum Gasteiger partial charge on any atom is 0.256 e. The van der Waals surface area contributed by atoms with Crippen LogP contribution in [-0.4, -0.2) is 55.3 Å². The van der Waals surface area contributed by atoms with Crippen molar-refractivity contribution < 1.29 is 14.3 Å². The predicted octanol–water partition coefficient (Wildman–Crippen LogP) is 3.89. The number of piperidine rings is 1. The van der Waals surface area contributed by atoms with Gasteiger partial charge in [-0.05, 0) is 56.5 Å². The molecule has 2 aliphatic rings. The van der Waals surface area contributed by atoms with Gasteiger partial charge in [0.15, 0.2) is 0 Å². The molecule has 3 aromatic heterocycles. The van der Waals surface area contributed by atoms with Crippen molar-refractivity contribution >= 4 is 29.0 Å². The zero-order valence-corrected chi connectivity index (χ0v) is 21.1. The molecule has 0 saturated carbocycles. The summed E-state index contributed by atoms with van der Waals surface area (Å²) in [6.45, 7) is 2.95. The van der Waals surface area contributed by atoms with Crippen molar-refractivity contribution in [3.8, 4) is 17.0 Å². The van der Waals surface area contributed by atoms with Gasteiger partial charge in [0.1, 0.15) is 34.4 Å². The molecule has 1 aromatic carbocycles. The summed E-state index contributed by atoms with van der Waals surface area (Å²) in [5.41, 5.74) is 8.86. The Bertz CT molecular complexity index is 1520. The van der Waals surface area contributed by atoms with Crippen LogP contribution < -0.4 is 15.8 Å². The van der Waals surface area contributed by atoms with Gasteiger partial charge < -0.3 is 20.7 Å². The molecule has 0 radical (unpaired) electrons. The van der Waals surface area contributed by atoms with E-state index in [1.54, 1.807) is 36.7 Å². The molecule has 2 aliphatic heterocycles. The van der Waals surface area contributed by atoms with Crippen LogP contribution in [0.1, 0.15) is 54.7 Å². The molecule has 2 atom stereocenters. The van der Waals surface area contributed by atoms with E-state index >= 15 is 0 Å². The SMILES string of the molecule is CCOc1cc(C(=O)Nc2ccccn2)ccc1-c1nc([C@@H]2CC[C@H]3CCC(=O)N3C2)n2ccnc(N)c12. The lowest BCUT2D eigenvalue weighted by molar-refractivity contribution is -0.130. The number of fused-ring (bicyclic) bond motifs is 2. The van der Waals surface area contributed by atoms with Crippen LogP contribution in [0.15, 0.2) is 55.0 Å². The minimum Gasteiger partial charge on any atom is -0.493 e. The van der Waals surface area contributed by atoms with E-state index in [0.717, 1.165) is 30.7 Å². The Balaban J connectivity index is 1.40. The molecule has 2 fully saturated rings. The summed E-state index contributed by atoms with van der Waals surface area (Å²) in [6, 6.07) is 10.9. The molecule has 0 aliphatic carbocycles. The van der Waals surface area contributed by atoms with E-state index in [2.05, 4.69) is 15.3 Å². The number of carbonyl (C=O) groups is 2. The second kappa shape index (κ2) is 9.77. The second-order valence-corrected chi connectivity index (χ2v) is 9.68. The van der Waals surface area contributed by atoms with E-state index in [1.165, 1.54) is 0 Å². The molecule has 6 rings (SSSR count). The smallest absolute Gasteiger partial charge is 0.256 e. The van der Waals surface area contributed by atoms with Gasteiger partial charge in [-0.15, -0.1) is 0 Å². The number of rotatable bonds is 6. The number of amides is 2. The molecule has 2 saturated heterocycles. The van der Waals surface area contributed by atoms with Gasteiger partial charge in [-0.1, -0.05) is 6.07 Å². The molecule has 2 amide bonds. The van der Waals surface area contributed by atoms with Gasteiger partial charge in [0.2, 0.25) is 5.91 Å². The van der Waals surface area contributed by atoms with Crippen molar-refractivity contribution in [2.75, 3.05) is 24.2 Å². The predicted molar refractivity (Wildman–Crippen MR) is 143 cm³/mol. The number of nitrogen functional groups attached to an aromatic ring is 1. The normalized spacial score (nSPS) is 19.0. The number of nitrogens with two attached hydrogens (primary N) is 1. The van der Waals surface area contributed by atoms with Gasteiger partial charge in [-0.3, -0.25) is 14.0 Å². The number of pyridine rings is 1. The first-order valence-electron chi connectivity index (χ1n) is 12.9. The summed E-state index contributed by atoms with van der Waals surface area (Å²) in [5.74, 6) is 2.20. The number of carbonyl (C=O) groups excluding carboxylic acids is 2. The number of hydrogen-bond acceptors (Lipinski definition) is 7. The summed E-state index contributed by atoms with van der Waals surface area (Å²) >= 11 is 0. The van der Waals surface area contributed by atoms with E-state index in [-0.39, 0.29) is 17.7 Å². The van der Waals surface area contributed by atoms with Crippen LogP contribution in [0.25, 0.3) is 16.8 Å². The first-order chi connectivity index (χ1) is 18.5. The third kappa shape index (κ3) is 4.21. The number of imidazole rings is 1. The summed E-state index contributed by atoms with van der Waals surface area (Å²) in [5, 5.41) is 2.81.